The minimum atomic E-state index is -0.525. The van der Waals surface area contributed by atoms with Crippen molar-refractivity contribution in [2.75, 3.05) is 13.2 Å². The molecule has 132 valence electrons. The van der Waals surface area contributed by atoms with E-state index in [2.05, 4.69) is 4.98 Å². The lowest BCUT2D eigenvalue weighted by atomic mass is 9.96. The molecule has 2 rings (SSSR count). The third-order valence-corrected chi connectivity index (χ3v) is 3.96. The molecule has 0 radical (unpaired) electrons. The van der Waals surface area contributed by atoms with Crippen LogP contribution >= 0.6 is 11.6 Å². The second kappa shape index (κ2) is 8.12. The van der Waals surface area contributed by atoms with Crippen LogP contribution in [-0.4, -0.2) is 30.1 Å². The molecule has 0 aliphatic rings. The van der Waals surface area contributed by atoms with Crippen molar-refractivity contribution in [3.05, 3.63) is 51.7 Å². The fourth-order valence-corrected chi connectivity index (χ4v) is 2.75. The van der Waals surface area contributed by atoms with Crippen LogP contribution in [0, 0.1) is 13.8 Å². The number of nitrogens with zero attached hydrogens (tertiary/aromatic N) is 1. The molecule has 2 aromatic rings. The van der Waals surface area contributed by atoms with Gasteiger partial charge in [0, 0.05) is 10.6 Å². The lowest BCUT2D eigenvalue weighted by Gasteiger charge is -2.16. The number of esters is 2. The summed E-state index contributed by atoms with van der Waals surface area (Å²) in [6.07, 6.45) is 0. The summed E-state index contributed by atoms with van der Waals surface area (Å²) in [6.45, 7) is 7.33. The van der Waals surface area contributed by atoms with Gasteiger partial charge in [0.25, 0.3) is 0 Å². The summed E-state index contributed by atoms with van der Waals surface area (Å²) in [5, 5.41) is 0.582. The summed E-state index contributed by atoms with van der Waals surface area (Å²) in [5.74, 6) is -1.03. The summed E-state index contributed by atoms with van der Waals surface area (Å²) in [7, 11) is 0. The number of aromatic nitrogens is 1. The fourth-order valence-electron chi connectivity index (χ4n) is 2.63. The summed E-state index contributed by atoms with van der Waals surface area (Å²) in [5.41, 5.74) is 2.72. The van der Waals surface area contributed by atoms with Crippen molar-refractivity contribution in [3.8, 4) is 11.3 Å². The summed E-state index contributed by atoms with van der Waals surface area (Å²) in [6, 6.07) is 6.99. The number of ether oxygens (including phenoxy) is 2. The summed E-state index contributed by atoms with van der Waals surface area (Å²) in [4.78, 5) is 29.3. The molecule has 0 aliphatic carbocycles. The van der Waals surface area contributed by atoms with E-state index in [1.165, 1.54) is 0 Å². The highest BCUT2D eigenvalue weighted by molar-refractivity contribution is 6.30. The van der Waals surface area contributed by atoms with E-state index in [4.69, 9.17) is 21.1 Å². The van der Waals surface area contributed by atoms with Crippen molar-refractivity contribution in [1.82, 2.24) is 4.98 Å². The predicted octanol–water partition coefficient (Wildman–Crippen LogP) is 4.37. The van der Waals surface area contributed by atoms with Crippen LogP contribution in [0.2, 0.25) is 5.02 Å². The number of halogens is 1. The minimum absolute atomic E-state index is 0.223. The molecule has 0 amide bonds. The largest absolute Gasteiger partial charge is 0.462 e. The number of pyridine rings is 1. The Morgan fingerprint density at radius 2 is 1.48 bits per heavy atom. The van der Waals surface area contributed by atoms with Crippen LogP contribution in [0.5, 0.6) is 0 Å². The predicted molar refractivity (Wildman–Crippen MR) is 96.1 cm³/mol. The minimum Gasteiger partial charge on any atom is -0.462 e. The van der Waals surface area contributed by atoms with Crippen LogP contribution in [0.3, 0.4) is 0 Å². The van der Waals surface area contributed by atoms with Gasteiger partial charge in [0.15, 0.2) is 0 Å². The first-order valence-corrected chi connectivity index (χ1v) is 8.39. The average molecular weight is 362 g/mol. The first-order valence-electron chi connectivity index (χ1n) is 8.02. The number of rotatable bonds is 5. The smallest absolute Gasteiger partial charge is 0.340 e. The number of hydrogen-bond donors (Lipinski definition) is 0. The molecule has 1 aromatic carbocycles. The average Bonchev–Trinajstić information content (AvgIpc) is 2.55. The van der Waals surface area contributed by atoms with Crippen LogP contribution in [0.1, 0.15) is 45.8 Å². The van der Waals surface area contributed by atoms with Gasteiger partial charge in [-0.05, 0) is 45.4 Å². The molecule has 0 aliphatic heterocycles. The molecule has 0 atom stereocenters. The normalized spacial score (nSPS) is 10.4. The Balaban J connectivity index is 2.72. The van der Waals surface area contributed by atoms with E-state index >= 15 is 0 Å². The molecule has 0 N–H and O–H groups in total. The van der Waals surface area contributed by atoms with Gasteiger partial charge in [-0.2, -0.15) is 0 Å². The molecule has 6 heteroatoms. The van der Waals surface area contributed by atoms with Gasteiger partial charge in [-0.3, -0.25) is 4.98 Å². The molecular weight excluding hydrogens is 342 g/mol. The molecule has 0 bridgehead atoms. The van der Waals surface area contributed by atoms with Crippen LogP contribution < -0.4 is 0 Å². The van der Waals surface area contributed by atoms with Crippen LogP contribution in [0.25, 0.3) is 11.3 Å². The number of aryl methyl sites for hydroxylation is 1. The van der Waals surface area contributed by atoms with E-state index in [0.29, 0.717) is 33.1 Å². The fraction of sp³-hybridized carbons (Fsp3) is 0.316. The molecule has 0 saturated carbocycles. The summed E-state index contributed by atoms with van der Waals surface area (Å²) < 4.78 is 10.3. The van der Waals surface area contributed by atoms with E-state index in [-0.39, 0.29) is 18.8 Å². The maximum Gasteiger partial charge on any atom is 0.340 e. The number of carbonyl (C=O) groups is 2. The Hall–Kier alpha value is -2.40. The van der Waals surface area contributed by atoms with E-state index in [1.54, 1.807) is 52.0 Å². The van der Waals surface area contributed by atoms with E-state index in [1.807, 2.05) is 0 Å². The second-order valence-electron chi connectivity index (χ2n) is 5.37. The van der Waals surface area contributed by atoms with Gasteiger partial charge < -0.3 is 9.47 Å². The third kappa shape index (κ3) is 3.99. The zero-order valence-electron chi connectivity index (χ0n) is 14.7. The maximum atomic E-state index is 12.5. The number of carbonyl (C=O) groups excluding carboxylic acids is 2. The van der Waals surface area contributed by atoms with Crippen LogP contribution in [0.15, 0.2) is 24.3 Å². The monoisotopic (exact) mass is 361 g/mol. The van der Waals surface area contributed by atoms with Crippen molar-refractivity contribution in [1.29, 1.82) is 0 Å². The molecule has 0 saturated heterocycles. The van der Waals surface area contributed by atoms with E-state index < -0.39 is 11.9 Å². The topological polar surface area (TPSA) is 65.5 Å². The highest BCUT2D eigenvalue weighted by Gasteiger charge is 2.26. The first-order chi connectivity index (χ1) is 11.9. The quantitative estimate of drug-likeness (QED) is 0.740. The Bertz CT molecular complexity index is 800. The zero-order valence-corrected chi connectivity index (χ0v) is 15.4. The lowest BCUT2D eigenvalue weighted by Crippen LogP contribution is -2.17. The van der Waals surface area contributed by atoms with Gasteiger partial charge in [0.1, 0.15) is 0 Å². The summed E-state index contributed by atoms with van der Waals surface area (Å²) >= 11 is 5.94. The Morgan fingerprint density at radius 3 is 2.00 bits per heavy atom. The zero-order chi connectivity index (χ0) is 18.6. The van der Waals surface area contributed by atoms with Crippen molar-refractivity contribution in [2.24, 2.45) is 0 Å². The molecule has 0 unspecified atom stereocenters. The van der Waals surface area contributed by atoms with Gasteiger partial charge in [-0.1, -0.05) is 23.7 Å². The van der Waals surface area contributed by atoms with Gasteiger partial charge >= 0.3 is 11.9 Å². The van der Waals surface area contributed by atoms with E-state index in [0.717, 1.165) is 0 Å². The molecule has 1 aromatic heterocycles. The standard InChI is InChI=1S/C19H20ClNO4/c1-5-24-18(22)15-11(3)16(19(23)25-6-2)17(21-12(15)4)13-7-9-14(20)10-8-13/h7-10H,5-6H2,1-4H3. The number of hydrogen-bond acceptors (Lipinski definition) is 5. The van der Waals surface area contributed by atoms with Crippen LogP contribution in [-0.2, 0) is 9.47 Å². The van der Waals surface area contributed by atoms with E-state index in [9.17, 15) is 9.59 Å². The Morgan fingerprint density at radius 1 is 0.960 bits per heavy atom. The van der Waals surface area contributed by atoms with Crippen molar-refractivity contribution in [2.45, 2.75) is 27.7 Å². The van der Waals surface area contributed by atoms with Crippen molar-refractivity contribution < 1.29 is 19.1 Å². The third-order valence-electron chi connectivity index (χ3n) is 3.70. The maximum absolute atomic E-state index is 12.5. The highest BCUT2D eigenvalue weighted by atomic mass is 35.5. The first kappa shape index (κ1) is 18.9. The van der Waals surface area contributed by atoms with Crippen LogP contribution in [0.4, 0.5) is 0 Å². The van der Waals surface area contributed by atoms with Gasteiger partial charge in [-0.25, -0.2) is 9.59 Å². The molecular formula is C19H20ClNO4. The Kier molecular flexibility index (Phi) is 6.15. The molecule has 5 nitrogen and oxygen atoms in total. The molecule has 0 fully saturated rings. The molecule has 25 heavy (non-hydrogen) atoms. The number of benzene rings is 1. The molecule has 1 heterocycles. The van der Waals surface area contributed by atoms with Gasteiger partial charge in [-0.15, -0.1) is 0 Å². The lowest BCUT2D eigenvalue weighted by molar-refractivity contribution is 0.0522. The highest BCUT2D eigenvalue weighted by Crippen LogP contribution is 2.30. The van der Waals surface area contributed by atoms with Gasteiger partial charge in [0.2, 0.25) is 0 Å². The van der Waals surface area contributed by atoms with Crippen molar-refractivity contribution >= 4 is 23.5 Å². The molecule has 0 spiro atoms. The van der Waals surface area contributed by atoms with Crippen molar-refractivity contribution in [3.63, 3.8) is 0 Å². The Labute approximate surface area is 151 Å². The van der Waals surface area contributed by atoms with Gasteiger partial charge in [0.05, 0.1) is 35.7 Å². The SMILES string of the molecule is CCOC(=O)c1c(C)nc(-c2ccc(Cl)cc2)c(C(=O)OCC)c1C. The second-order valence-corrected chi connectivity index (χ2v) is 5.81.